The third-order valence-electron chi connectivity index (χ3n) is 2.97. The van der Waals surface area contributed by atoms with Crippen molar-refractivity contribution in [3.8, 4) is 0 Å². The Hall–Kier alpha value is -1.18. The molecule has 0 aliphatic rings. The monoisotopic (exact) mass is 348 g/mol. The molecule has 1 unspecified atom stereocenters. The molecule has 0 bridgehead atoms. The smallest absolute Gasteiger partial charge is 0.449 e. The van der Waals surface area contributed by atoms with E-state index in [4.69, 9.17) is 19.4 Å². The van der Waals surface area contributed by atoms with E-state index in [-0.39, 0.29) is 6.10 Å². The van der Waals surface area contributed by atoms with Gasteiger partial charge in [-0.05, 0) is 61.8 Å². The van der Waals surface area contributed by atoms with Crippen LogP contribution in [0.25, 0.3) is 0 Å². The Morgan fingerprint density at radius 1 is 0.875 bits per heavy atom. The molecule has 0 aromatic rings. The van der Waals surface area contributed by atoms with Crippen LogP contribution in [0.2, 0.25) is 0 Å². The number of esters is 1. The molecule has 142 valence electrons. The van der Waals surface area contributed by atoms with Crippen molar-refractivity contribution >= 4 is 11.9 Å². The normalized spacial score (nSPS) is 14.2. The zero-order valence-electron chi connectivity index (χ0n) is 16.3. The summed E-state index contributed by atoms with van der Waals surface area (Å²) in [7, 11) is 0. The zero-order chi connectivity index (χ0) is 19.2. The highest BCUT2D eigenvalue weighted by Gasteiger charge is 2.32. The Kier molecular flexibility index (Phi) is 8.35. The second-order valence-electron chi connectivity index (χ2n) is 8.02. The quantitative estimate of drug-likeness (QED) is 0.287. The minimum Gasteiger partial charge on any atom is -0.451 e. The van der Waals surface area contributed by atoms with Gasteiger partial charge in [-0.3, -0.25) is 4.89 Å². The van der Waals surface area contributed by atoms with E-state index in [1.807, 2.05) is 27.7 Å². The van der Waals surface area contributed by atoms with E-state index in [2.05, 4.69) is 4.89 Å². The maximum Gasteiger partial charge on any atom is 0.449 e. The van der Waals surface area contributed by atoms with Gasteiger partial charge in [-0.1, -0.05) is 6.92 Å². The molecular weight excluding hydrogens is 316 g/mol. The van der Waals surface area contributed by atoms with Crippen LogP contribution in [0.1, 0.15) is 75.2 Å². The first-order valence-corrected chi connectivity index (χ1v) is 8.15. The Balaban J connectivity index is 4.42. The van der Waals surface area contributed by atoms with E-state index in [0.29, 0.717) is 12.8 Å². The highest BCUT2D eigenvalue weighted by atomic mass is 17.2. The van der Waals surface area contributed by atoms with Gasteiger partial charge >= 0.3 is 11.9 Å². The Labute approximate surface area is 144 Å². The maximum atomic E-state index is 11.8. The zero-order valence-corrected chi connectivity index (χ0v) is 16.3. The van der Waals surface area contributed by atoms with Crippen LogP contribution in [0.3, 0.4) is 0 Å². The van der Waals surface area contributed by atoms with Gasteiger partial charge in [0.15, 0.2) is 0 Å². The lowest BCUT2D eigenvalue weighted by molar-refractivity contribution is -0.373. The fourth-order valence-electron chi connectivity index (χ4n) is 1.53. The number of carbonyl (C=O) groups excluding carboxylic acids is 2. The topological polar surface area (TPSA) is 80.3 Å². The Morgan fingerprint density at radius 2 is 1.42 bits per heavy atom. The molecule has 0 rings (SSSR count). The van der Waals surface area contributed by atoms with Crippen molar-refractivity contribution in [1.82, 2.24) is 0 Å². The van der Waals surface area contributed by atoms with E-state index in [1.54, 1.807) is 34.6 Å². The molecule has 24 heavy (non-hydrogen) atoms. The average molecular weight is 348 g/mol. The molecular formula is C17H32O7. The standard InChI is InChI=1S/C17H32O7/c1-10-16(6,7)24-22-14(19)13(18)20-17(8,9)11-12(2)21-23-15(3,4)5/h12H,10-11H2,1-9H3. The summed E-state index contributed by atoms with van der Waals surface area (Å²) in [6, 6.07) is 0. The van der Waals surface area contributed by atoms with Crippen LogP contribution in [0.5, 0.6) is 0 Å². The first-order valence-electron chi connectivity index (χ1n) is 8.15. The fraction of sp³-hybridized carbons (Fsp3) is 0.882. The molecule has 7 nitrogen and oxygen atoms in total. The van der Waals surface area contributed by atoms with Gasteiger partial charge in [0.05, 0.1) is 11.7 Å². The van der Waals surface area contributed by atoms with Crippen molar-refractivity contribution in [2.75, 3.05) is 0 Å². The van der Waals surface area contributed by atoms with Gasteiger partial charge < -0.3 is 4.74 Å². The molecule has 0 aromatic heterocycles. The maximum absolute atomic E-state index is 11.8. The van der Waals surface area contributed by atoms with Crippen molar-refractivity contribution in [3.05, 3.63) is 0 Å². The van der Waals surface area contributed by atoms with E-state index >= 15 is 0 Å². The van der Waals surface area contributed by atoms with Gasteiger partial charge in [-0.2, -0.15) is 4.89 Å². The average Bonchev–Trinajstić information content (AvgIpc) is 2.40. The molecule has 1 atom stereocenters. The summed E-state index contributed by atoms with van der Waals surface area (Å²) in [6.45, 7) is 16.1. The molecule has 0 fully saturated rings. The second-order valence-corrected chi connectivity index (χ2v) is 8.02. The molecule has 0 aliphatic carbocycles. The predicted molar refractivity (Wildman–Crippen MR) is 87.7 cm³/mol. The molecule has 0 spiro atoms. The van der Waals surface area contributed by atoms with Crippen LogP contribution >= 0.6 is 0 Å². The van der Waals surface area contributed by atoms with E-state index < -0.39 is 28.7 Å². The summed E-state index contributed by atoms with van der Waals surface area (Å²) >= 11 is 0. The Morgan fingerprint density at radius 3 is 1.88 bits per heavy atom. The van der Waals surface area contributed by atoms with Crippen LogP contribution < -0.4 is 0 Å². The number of hydrogen-bond donors (Lipinski definition) is 0. The van der Waals surface area contributed by atoms with Gasteiger partial charge in [0, 0.05) is 6.42 Å². The van der Waals surface area contributed by atoms with E-state index in [1.165, 1.54) is 0 Å². The predicted octanol–water partition coefficient (Wildman–Crippen LogP) is 3.50. The number of ether oxygens (including phenoxy) is 1. The summed E-state index contributed by atoms with van der Waals surface area (Å²) in [4.78, 5) is 43.4. The minimum absolute atomic E-state index is 0.335. The molecule has 0 amide bonds. The number of hydrogen-bond acceptors (Lipinski definition) is 7. The molecule has 0 N–H and O–H groups in total. The third-order valence-corrected chi connectivity index (χ3v) is 2.97. The highest BCUT2D eigenvalue weighted by molar-refractivity contribution is 6.29. The van der Waals surface area contributed by atoms with Gasteiger partial charge in [-0.15, -0.1) is 0 Å². The summed E-state index contributed by atoms with van der Waals surface area (Å²) in [5.74, 6) is -2.31. The van der Waals surface area contributed by atoms with Gasteiger partial charge in [0.25, 0.3) is 0 Å². The van der Waals surface area contributed by atoms with Crippen molar-refractivity contribution < 1.29 is 33.9 Å². The van der Waals surface area contributed by atoms with E-state index in [0.717, 1.165) is 0 Å². The first-order chi connectivity index (χ1) is 10.7. The van der Waals surface area contributed by atoms with Crippen LogP contribution in [0.15, 0.2) is 0 Å². The molecule has 0 radical (unpaired) electrons. The van der Waals surface area contributed by atoms with E-state index in [9.17, 15) is 9.59 Å². The highest BCUT2D eigenvalue weighted by Crippen LogP contribution is 2.21. The lowest BCUT2D eigenvalue weighted by Gasteiger charge is -2.29. The Bertz CT molecular complexity index is 421. The van der Waals surface area contributed by atoms with Gasteiger partial charge in [0.1, 0.15) is 11.2 Å². The van der Waals surface area contributed by atoms with Gasteiger partial charge in [0.2, 0.25) is 0 Å². The molecule has 0 aromatic carbocycles. The SMILES string of the molecule is CCC(C)(C)OOC(=O)C(=O)OC(C)(C)CC(C)OOC(C)(C)C. The van der Waals surface area contributed by atoms with Crippen LogP contribution in [-0.2, 0) is 33.9 Å². The molecule has 0 heterocycles. The molecule has 0 saturated carbocycles. The van der Waals surface area contributed by atoms with Gasteiger partial charge in [-0.25, -0.2) is 19.4 Å². The largest absolute Gasteiger partial charge is 0.451 e. The number of rotatable bonds is 8. The van der Waals surface area contributed by atoms with Crippen molar-refractivity contribution in [2.45, 2.75) is 98.1 Å². The third kappa shape index (κ3) is 10.6. The fourth-order valence-corrected chi connectivity index (χ4v) is 1.53. The summed E-state index contributed by atoms with van der Waals surface area (Å²) in [5, 5.41) is 0. The van der Waals surface area contributed by atoms with Crippen LogP contribution in [0, 0.1) is 0 Å². The van der Waals surface area contributed by atoms with Crippen LogP contribution in [-0.4, -0.2) is 34.8 Å². The first kappa shape index (κ1) is 22.8. The molecule has 0 saturated heterocycles. The van der Waals surface area contributed by atoms with Crippen LogP contribution in [0.4, 0.5) is 0 Å². The van der Waals surface area contributed by atoms with Crippen molar-refractivity contribution in [3.63, 3.8) is 0 Å². The number of carbonyl (C=O) groups is 2. The minimum atomic E-state index is -1.19. The molecule has 0 aliphatic heterocycles. The lowest BCUT2D eigenvalue weighted by Crippen LogP contribution is -2.37. The second kappa shape index (κ2) is 8.78. The lowest BCUT2D eigenvalue weighted by atomic mass is 10.0. The summed E-state index contributed by atoms with van der Waals surface area (Å²) < 4.78 is 5.17. The van der Waals surface area contributed by atoms with Crippen molar-refractivity contribution in [2.24, 2.45) is 0 Å². The summed E-state index contributed by atoms with van der Waals surface area (Å²) in [5.41, 5.74) is -2.04. The molecule has 7 heteroatoms. The van der Waals surface area contributed by atoms with Crippen molar-refractivity contribution in [1.29, 1.82) is 0 Å². The summed E-state index contributed by atoms with van der Waals surface area (Å²) in [6.07, 6.45) is 0.616.